The summed E-state index contributed by atoms with van der Waals surface area (Å²) in [6.07, 6.45) is 1.07. The molecule has 1 aromatic rings. The van der Waals surface area contributed by atoms with E-state index in [-0.39, 0.29) is 6.42 Å². The first-order valence-corrected chi connectivity index (χ1v) is 4.24. The average molecular weight is 193 g/mol. The number of aliphatic carboxylic acids is 1. The van der Waals surface area contributed by atoms with Gasteiger partial charge < -0.3 is 10.4 Å². The number of aryl methyl sites for hydroxylation is 1. The lowest BCUT2D eigenvalue weighted by atomic mass is 10.1. The summed E-state index contributed by atoms with van der Waals surface area (Å²) in [7, 11) is 0. The fourth-order valence-corrected chi connectivity index (χ4v) is 1.18. The molecule has 4 nitrogen and oxygen atoms in total. The lowest BCUT2D eigenvalue weighted by Gasteiger charge is -2.05. The van der Waals surface area contributed by atoms with E-state index in [4.69, 9.17) is 5.11 Å². The highest BCUT2D eigenvalue weighted by Crippen LogP contribution is 2.15. The number of benzene rings is 1. The molecule has 0 aliphatic heterocycles. The van der Waals surface area contributed by atoms with Gasteiger partial charge in [0.05, 0.1) is 0 Å². The molecule has 2 N–H and O–H groups in total. The fourth-order valence-electron chi connectivity index (χ4n) is 1.18. The van der Waals surface area contributed by atoms with Gasteiger partial charge in [-0.3, -0.25) is 9.59 Å². The number of carboxylic acid groups (broad SMARTS) is 1. The van der Waals surface area contributed by atoms with Crippen LogP contribution in [-0.2, 0) is 16.0 Å². The second-order valence-electron chi connectivity index (χ2n) is 2.81. The summed E-state index contributed by atoms with van der Waals surface area (Å²) in [4.78, 5) is 20.6. The number of anilines is 1. The van der Waals surface area contributed by atoms with Crippen LogP contribution < -0.4 is 5.32 Å². The zero-order valence-electron chi connectivity index (χ0n) is 7.56. The van der Waals surface area contributed by atoms with Crippen LogP contribution in [0.4, 0.5) is 5.69 Å². The molecule has 0 aromatic heterocycles. The molecule has 0 bridgehead atoms. The van der Waals surface area contributed by atoms with E-state index in [0.717, 1.165) is 5.56 Å². The van der Waals surface area contributed by atoms with Gasteiger partial charge in [-0.2, -0.15) is 0 Å². The molecule has 14 heavy (non-hydrogen) atoms. The van der Waals surface area contributed by atoms with Crippen LogP contribution in [0.25, 0.3) is 0 Å². The fraction of sp³-hybridized carbons (Fsp3) is 0.200. The van der Waals surface area contributed by atoms with Crippen molar-refractivity contribution >= 4 is 18.1 Å². The molecule has 0 atom stereocenters. The predicted molar refractivity (Wildman–Crippen MR) is 52.1 cm³/mol. The highest BCUT2D eigenvalue weighted by Gasteiger charge is 2.03. The van der Waals surface area contributed by atoms with Gasteiger partial charge in [0.2, 0.25) is 6.41 Å². The second-order valence-corrected chi connectivity index (χ2v) is 2.81. The maximum absolute atomic E-state index is 10.4. The van der Waals surface area contributed by atoms with Gasteiger partial charge in [-0.05, 0) is 18.1 Å². The van der Waals surface area contributed by atoms with E-state index in [0.29, 0.717) is 18.5 Å². The van der Waals surface area contributed by atoms with E-state index < -0.39 is 5.97 Å². The number of carbonyl (C=O) groups excluding carboxylic acids is 1. The highest BCUT2D eigenvalue weighted by molar-refractivity contribution is 5.74. The summed E-state index contributed by atoms with van der Waals surface area (Å²) in [6, 6.07) is 7.14. The molecule has 4 heteroatoms. The van der Waals surface area contributed by atoms with Crippen molar-refractivity contribution < 1.29 is 14.7 Å². The molecule has 74 valence electrons. The third-order valence-corrected chi connectivity index (χ3v) is 1.84. The molecule has 0 radical (unpaired) electrons. The minimum Gasteiger partial charge on any atom is -0.481 e. The van der Waals surface area contributed by atoms with E-state index in [1.807, 2.05) is 6.07 Å². The van der Waals surface area contributed by atoms with Gasteiger partial charge in [0, 0.05) is 12.1 Å². The summed E-state index contributed by atoms with van der Waals surface area (Å²) in [5.41, 5.74) is 1.51. The summed E-state index contributed by atoms with van der Waals surface area (Å²) >= 11 is 0. The molecule has 0 fully saturated rings. The summed E-state index contributed by atoms with van der Waals surface area (Å²) in [5.74, 6) is -0.842. The van der Waals surface area contributed by atoms with Gasteiger partial charge in [-0.15, -0.1) is 0 Å². The van der Waals surface area contributed by atoms with Gasteiger partial charge in [0.1, 0.15) is 0 Å². The molecule has 0 heterocycles. The average Bonchev–Trinajstić information content (AvgIpc) is 2.17. The van der Waals surface area contributed by atoms with E-state index in [1.54, 1.807) is 18.2 Å². The van der Waals surface area contributed by atoms with Crippen molar-refractivity contribution in [1.82, 2.24) is 0 Å². The minimum atomic E-state index is -0.842. The molecule has 0 saturated heterocycles. The summed E-state index contributed by atoms with van der Waals surface area (Å²) < 4.78 is 0. The summed E-state index contributed by atoms with van der Waals surface area (Å²) in [6.45, 7) is 0. The van der Waals surface area contributed by atoms with Gasteiger partial charge >= 0.3 is 5.97 Å². The van der Waals surface area contributed by atoms with Crippen LogP contribution in [0.3, 0.4) is 0 Å². The van der Waals surface area contributed by atoms with Crippen LogP contribution >= 0.6 is 0 Å². The Kier molecular flexibility index (Phi) is 3.67. The van der Waals surface area contributed by atoms with E-state index >= 15 is 0 Å². The second kappa shape index (κ2) is 5.01. The molecule has 0 aliphatic rings. The van der Waals surface area contributed by atoms with Gasteiger partial charge in [-0.1, -0.05) is 18.2 Å². The Balaban J connectivity index is 2.73. The SMILES string of the molecule is O=CNc1ccccc1CCC(=O)O. The van der Waals surface area contributed by atoms with E-state index in [2.05, 4.69) is 5.32 Å². The zero-order chi connectivity index (χ0) is 10.4. The third kappa shape index (κ3) is 2.90. The largest absolute Gasteiger partial charge is 0.481 e. The molecule has 1 rings (SSSR count). The molecule has 0 aliphatic carbocycles. The van der Waals surface area contributed by atoms with Crippen LogP contribution in [0, 0.1) is 0 Å². The van der Waals surface area contributed by atoms with Crippen molar-refractivity contribution in [2.45, 2.75) is 12.8 Å². The number of para-hydroxylation sites is 1. The Morgan fingerprint density at radius 1 is 1.43 bits per heavy atom. The molecule has 0 saturated carbocycles. The van der Waals surface area contributed by atoms with Crippen molar-refractivity contribution in [3.63, 3.8) is 0 Å². The standard InChI is InChI=1S/C10H11NO3/c12-7-11-9-4-2-1-3-8(9)5-6-10(13)14/h1-4,7H,5-6H2,(H,11,12)(H,13,14). The lowest BCUT2D eigenvalue weighted by Crippen LogP contribution is -2.02. The van der Waals surface area contributed by atoms with E-state index in [1.165, 1.54) is 0 Å². The normalized spacial score (nSPS) is 9.43. The quantitative estimate of drug-likeness (QED) is 0.692. The zero-order valence-corrected chi connectivity index (χ0v) is 7.56. The van der Waals surface area contributed by atoms with Crippen molar-refractivity contribution in [2.75, 3.05) is 5.32 Å². The monoisotopic (exact) mass is 193 g/mol. The lowest BCUT2D eigenvalue weighted by molar-refractivity contribution is -0.136. The first-order valence-electron chi connectivity index (χ1n) is 4.24. The van der Waals surface area contributed by atoms with Gasteiger partial charge in [0.15, 0.2) is 0 Å². The van der Waals surface area contributed by atoms with Crippen LogP contribution in [0.2, 0.25) is 0 Å². The molecular formula is C10H11NO3. The number of nitrogens with one attached hydrogen (secondary N) is 1. The topological polar surface area (TPSA) is 66.4 Å². The predicted octanol–water partition coefficient (Wildman–Crippen LogP) is 1.27. The Labute approximate surface area is 81.6 Å². The van der Waals surface area contributed by atoms with Gasteiger partial charge in [-0.25, -0.2) is 0 Å². The highest BCUT2D eigenvalue weighted by atomic mass is 16.4. The number of hydrogen-bond acceptors (Lipinski definition) is 2. The Hall–Kier alpha value is -1.84. The molecular weight excluding hydrogens is 182 g/mol. The molecule has 0 spiro atoms. The Bertz CT molecular complexity index is 336. The maximum atomic E-state index is 10.4. The molecule has 1 amide bonds. The van der Waals surface area contributed by atoms with Crippen LogP contribution in [-0.4, -0.2) is 17.5 Å². The number of rotatable bonds is 5. The van der Waals surface area contributed by atoms with Crippen LogP contribution in [0.1, 0.15) is 12.0 Å². The van der Waals surface area contributed by atoms with Gasteiger partial charge in [0.25, 0.3) is 0 Å². The first kappa shape index (κ1) is 10.2. The van der Waals surface area contributed by atoms with E-state index in [9.17, 15) is 9.59 Å². The van der Waals surface area contributed by atoms with Crippen LogP contribution in [0.5, 0.6) is 0 Å². The number of carbonyl (C=O) groups is 2. The third-order valence-electron chi connectivity index (χ3n) is 1.84. The number of carboxylic acids is 1. The Morgan fingerprint density at radius 3 is 2.79 bits per heavy atom. The number of amides is 1. The minimum absolute atomic E-state index is 0.0670. The van der Waals surface area contributed by atoms with Crippen molar-refractivity contribution in [2.24, 2.45) is 0 Å². The van der Waals surface area contributed by atoms with Crippen molar-refractivity contribution in [3.8, 4) is 0 Å². The Morgan fingerprint density at radius 2 is 2.14 bits per heavy atom. The molecule has 1 aromatic carbocycles. The maximum Gasteiger partial charge on any atom is 0.303 e. The van der Waals surface area contributed by atoms with Crippen molar-refractivity contribution in [1.29, 1.82) is 0 Å². The molecule has 0 unspecified atom stereocenters. The van der Waals surface area contributed by atoms with Crippen LogP contribution in [0.15, 0.2) is 24.3 Å². The summed E-state index contributed by atoms with van der Waals surface area (Å²) in [5, 5.41) is 11.0. The first-order chi connectivity index (χ1) is 6.74. The number of hydrogen-bond donors (Lipinski definition) is 2. The van der Waals surface area contributed by atoms with Crippen molar-refractivity contribution in [3.05, 3.63) is 29.8 Å². The smallest absolute Gasteiger partial charge is 0.303 e.